The lowest BCUT2D eigenvalue weighted by molar-refractivity contribution is 0.00858. The molecule has 0 unspecified atom stereocenters. The van der Waals surface area contributed by atoms with E-state index in [0.717, 1.165) is 51.4 Å². The molecule has 2 N–H and O–H groups in total. The number of hydrogen-bond donors (Lipinski definition) is 2. The molecule has 0 bridgehead atoms. The fourth-order valence-electron chi connectivity index (χ4n) is 3.02. The molecule has 0 aromatic carbocycles. The zero-order valence-electron chi connectivity index (χ0n) is 10.7. The topological polar surface area (TPSA) is 40.5 Å². The van der Waals surface area contributed by atoms with E-state index in [0.29, 0.717) is 6.42 Å². The molecule has 0 radical (unpaired) electrons. The minimum absolute atomic E-state index is 0.537. The number of hydrogen-bond acceptors (Lipinski definition) is 2. The summed E-state index contributed by atoms with van der Waals surface area (Å²) in [7, 11) is 0. The first-order chi connectivity index (χ1) is 8.12. The van der Waals surface area contributed by atoms with Crippen LogP contribution in [0.2, 0.25) is 0 Å². The average molecular weight is 236 g/mol. The third-order valence-corrected chi connectivity index (χ3v) is 4.20. The Kier molecular flexibility index (Phi) is 4.12. The van der Waals surface area contributed by atoms with E-state index in [-0.39, 0.29) is 0 Å². The molecule has 96 valence electrons. The largest absolute Gasteiger partial charge is 0.389 e. The minimum atomic E-state index is -0.761. The highest BCUT2D eigenvalue weighted by Gasteiger charge is 2.29. The Balaban J connectivity index is 1.88. The molecule has 0 spiro atoms. The van der Waals surface area contributed by atoms with Gasteiger partial charge in [0, 0.05) is 6.42 Å². The fraction of sp³-hybridized carbons (Fsp3) is 0.867. The zero-order valence-corrected chi connectivity index (χ0v) is 10.7. The van der Waals surface area contributed by atoms with Crippen molar-refractivity contribution in [2.24, 2.45) is 0 Å². The SMILES string of the molecule is OC1(C#CCC2(O)CCCCC2)CCCCC1. The highest BCUT2D eigenvalue weighted by atomic mass is 16.3. The molecule has 2 heteroatoms. The molecule has 17 heavy (non-hydrogen) atoms. The molecule has 0 aliphatic heterocycles. The van der Waals surface area contributed by atoms with Gasteiger partial charge in [-0.2, -0.15) is 0 Å². The van der Waals surface area contributed by atoms with Crippen LogP contribution < -0.4 is 0 Å². The van der Waals surface area contributed by atoms with Crippen molar-refractivity contribution in [3.63, 3.8) is 0 Å². The lowest BCUT2D eigenvalue weighted by atomic mass is 9.81. The van der Waals surface area contributed by atoms with Gasteiger partial charge in [-0.3, -0.25) is 0 Å². The van der Waals surface area contributed by atoms with Gasteiger partial charge in [0.1, 0.15) is 5.60 Å². The van der Waals surface area contributed by atoms with Crippen molar-refractivity contribution in [3.8, 4) is 11.8 Å². The van der Waals surface area contributed by atoms with Gasteiger partial charge in [0.05, 0.1) is 5.60 Å². The van der Waals surface area contributed by atoms with E-state index in [4.69, 9.17) is 0 Å². The zero-order chi connectivity index (χ0) is 12.2. The van der Waals surface area contributed by atoms with Crippen molar-refractivity contribution in [1.29, 1.82) is 0 Å². The van der Waals surface area contributed by atoms with Gasteiger partial charge in [0.25, 0.3) is 0 Å². The van der Waals surface area contributed by atoms with Crippen molar-refractivity contribution in [2.75, 3.05) is 0 Å². The normalized spacial score (nSPS) is 26.9. The Morgan fingerprint density at radius 1 is 0.765 bits per heavy atom. The highest BCUT2D eigenvalue weighted by molar-refractivity contribution is 5.16. The van der Waals surface area contributed by atoms with Crippen LogP contribution in [0.5, 0.6) is 0 Å². The average Bonchev–Trinajstić information content (AvgIpc) is 2.30. The second-order valence-electron chi connectivity index (χ2n) is 5.86. The maximum Gasteiger partial charge on any atom is 0.125 e. The molecule has 0 aromatic rings. The van der Waals surface area contributed by atoms with Gasteiger partial charge < -0.3 is 10.2 Å². The third kappa shape index (κ3) is 3.72. The number of aliphatic hydroxyl groups is 2. The van der Waals surface area contributed by atoms with Crippen molar-refractivity contribution in [3.05, 3.63) is 0 Å². The Hall–Kier alpha value is -0.520. The molecule has 0 saturated heterocycles. The van der Waals surface area contributed by atoms with Gasteiger partial charge in [-0.25, -0.2) is 0 Å². The van der Waals surface area contributed by atoms with Crippen LogP contribution >= 0.6 is 0 Å². The van der Waals surface area contributed by atoms with Crippen molar-refractivity contribution in [1.82, 2.24) is 0 Å². The monoisotopic (exact) mass is 236 g/mol. The van der Waals surface area contributed by atoms with Gasteiger partial charge >= 0.3 is 0 Å². The molecule has 2 nitrogen and oxygen atoms in total. The Morgan fingerprint density at radius 2 is 1.29 bits per heavy atom. The predicted molar refractivity (Wildman–Crippen MR) is 68.5 cm³/mol. The summed E-state index contributed by atoms with van der Waals surface area (Å²) in [4.78, 5) is 0. The maximum absolute atomic E-state index is 10.3. The number of rotatable bonds is 1. The Labute approximate surface area is 104 Å². The van der Waals surface area contributed by atoms with Gasteiger partial charge in [0.15, 0.2) is 0 Å². The van der Waals surface area contributed by atoms with E-state index >= 15 is 0 Å². The predicted octanol–water partition coefficient (Wildman–Crippen LogP) is 2.77. The summed E-state index contributed by atoms with van der Waals surface area (Å²) in [5.74, 6) is 6.07. The second kappa shape index (κ2) is 5.42. The smallest absolute Gasteiger partial charge is 0.125 e. The first-order valence-corrected chi connectivity index (χ1v) is 7.07. The van der Waals surface area contributed by atoms with E-state index in [1.807, 2.05) is 0 Å². The van der Waals surface area contributed by atoms with Gasteiger partial charge in [-0.05, 0) is 38.5 Å². The molecule has 2 fully saturated rings. The second-order valence-corrected chi connectivity index (χ2v) is 5.86. The lowest BCUT2D eigenvalue weighted by Crippen LogP contribution is -2.32. The van der Waals surface area contributed by atoms with Crippen LogP contribution in [0.25, 0.3) is 0 Å². The molecular weight excluding hydrogens is 212 g/mol. The Bertz CT molecular complexity index is 299. The van der Waals surface area contributed by atoms with Gasteiger partial charge in [-0.1, -0.05) is 37.5 Å². The van der Waals surface area contributed by atoms with Crippen LogP contribution in [0.15, 0.2) is 0 Å². The molecule has 2 aliphatic carbocycles. The molecule has 0 aromatic heterocycles. The first-order valence-electron chi connectivity index (χ1n) is 7.07. The van der Waals surface area contributed by atoms with Crippen molar-refractivity contribution < 1.29 is 10.2 Å². The van der Waals surface area contributed by atoms with E-state index in [1.54, 1.807) is 0 Å². The van der Waals surface area contributed by atoms with Gasteiger partial charge in [-0.15, -0.1) is 0 Å². The highest BCUT2D eigenvalue weighted by Crippen LogP contribution is 2.31. The van der Waals surface area contributed by atoms with E-state index in [1.165, 1.54) is 12.8 Å². The summed E-state index contributed by atoms with van der Waals surface area (Å²) in [6, 6.07) is 0. The molecule has 0 amide bonds. The maximum atomic E-state index is 10.3. The summed E-state index contributed by atoms with van der Waals surface area (Å²) in [6.45, 7) is 0. The molecule has 2 aliphatic rings. The summed E-state index contributed by atoms with van der Waals surface area (Å²) in [5, 5.41) is 20.5. The quantitative estimate of drug-likeness (QED) is 0.687. The first kappa shape index (κ1) is 12.9. The van der Waals surface area contributed by atoms with E-state index < -0.39 is 11.2 Å². The standard InChI is InChI=1S/C15H24O2/c16-14(8-3-1-4-9-14)12-7-13-15(17)10-5-2-6-11-15/h16-17H,1-6,8-12H2. The van der Waals surface area contributed by atoms with Gasteiger partial charge in [0.2, 0.25) is 0 Å². The summed E-state index contributed by atoms with van der Waals surface area (Å²) in [5.41, 5.74) is -1.33. The van der Waals surface area contributed by atoms with Crippen LogP contribution in [-0.2, 0) is 0 Å². The third-order valence-electron chi connectivity index (χ3n) is 4.20. The van der Waals surface area contributed by atoms with Crippen LogP contribution in [0.3, 0.4) is 0 Å². The summed E-state index contributed by atoms with van der Waals surface area (Å²) >= 11 is 0. The summed E-state index contributed by atoms with van der Waals surface area (Å²) < 4.78 is 0. The molecular formula is C15H24O2. The fourth-order valence-corrected chi connectivity index (χ4v) is 3.02. The summed E-state index contributed by atoms with van der Waals surface area (Å²) in [6.07, 6.45) is 10.7. The van der Waals surface area contributed by atoms with Crippen molar-refractivity contribution in [2.45, 2.75) is 81.8 Å². The van der Waals surface area contributed by atoms with Crippen LogP contribution in [0.1, 0.15) is 70.6 Å². The Morgan fingerprint density at radius 3 is 1.88 bits per heavy atom. The van der Waals surface area contributed by atoms with Crippen LogP contribution in [0.4, 0.5) is 0 Å². The minimum Gasteiger partial charge on any atom is -0.389 e. The molecule has 2 rings (SSSR count). The van der Waals surface area contributed by atoms with Crippen LogP contribution in [-0.4, -0.2) is 21.4 Å². The van der Waals surface area contributed by atoms with E-state index in [2.05, 4.69) is 11.8 Å². The molecule has 0 atom stereocenters. The lowest BCUT2D eigenvalue weighted by Gasteiger charge is -2.30. The van der Waals surface area contributed by atoms with Crippen LogP contribution in [0, 0.1) is 11.8 Å². The molecule has 2 saturated carbocycles. The van der Waals surface area contributed by atoms with Crippen molar-refractivity contribution >= 4 is 0 Å². The van der Waals surface area contributed by atoms with E-state index in [9.17, 15) is 10.2 Å². The molecule has 0 heterocycles.